The number of ether oxygens (including phenoxy) is 2. The van der Waals surface area contributed by atoms with Gasteiger partial charge in [0.05, 0.1) is 18.8 Å². The molecule has 0 aromatic carbocycles. The van der Waals surface area contributed by atoms with Gasteiger partial charge in [-0.2, -0.15) is 0 Å². The third-order valence-corrected chi connectivity index (χ3v) is 4.54. The van der Waals surface area contributed by atoms with Crippen LogP contribution in [-0.4, -0.2) is 56.0 Å². The molecule has 0 aromatic heterocycles. The van der Waals surface area contributed by atoms with Gasteiger partial charge >= 0.3 is 0 Å². The predicted molar refractivity (Wildman–Crippen MR) is 72.6 cm³/mol. The minimum absolute atomic E-state index is 0.152. The van der Waals surface area contributed by atoms with E-state index in [2.05, 4.69) is 18.7 Å². The highest BCUT2D eigenvalue weighted by Gasteiger charge is 2.44. The smallest absolute Gasteiger partial charge is 0.0568 e. The third-order valence-electron chi connectivity index (χ3n) is 4.54. The summed E-state index contributed by atoms with van der Waals surface area (Å²) < 4.78 is 11.2. The fraction of sp³-hybridized carbons (Fsp3) is 1.00. The van der Waals surface area contributed by atoms with Crippen molar-refractivity contribution >= 4 is 0 Å². The van der Waals surface area contributed by atoms with Crippen LogP contribution >= 0.6 is 0 Å². The fourth-order valence-corrected chi connectivity index (χ4v) is 3.84. The first-order valence-electron chi connectivity index (χ1n) is 7.19. The highest BCUT2D eigenvalue weighted by molar-refractivity contribution is 5.00. The molecular formula is C14H28N2O2. The summed E-state index contributed by atoms with van der Waals surface area (Å²) in [6, 6.07) is 0. The Hall–Kier alpha value is -0.160. The Morgan fingerprint density at radius 3 is 2.56 bits per heavy atom. The number of nitrogens with zero attached hydrogens (tertiary/aromatic N) is 1. The SMILES string of the molecule is COCC1CCN(C2(CN)CC(C)OC(C)C2)C1. The second-order valence-electron chi connectivity index (χ2n) is 6.15. The van der Waals surface area contributed by atoms with E-state index >= 15 is 0 Å². The lowest BCUT2D eigenvalue weighted by molar-refractivity contribution is -0.0992. The molecule has 0 aromatic rings. The topological polar surface area (TPSA) is 47.7 Å². The van der Waals surface area contributed by atoms with E-state index in [1.165, 1.54) is 6.42 Å². The third kappa shape index (κ3) is 2.87. The van der Waals surface area contributed by atoms with Crippen LogP contribution in [0.4, 0.5) is 0 Å². The molecule has 0 radical (unpaired) electrons. The lowest BCUT2D eigenvalue weighted by Crippen LogP contribution is -2.59. The molecule has 2 aliphatic rings. The molecule has 3 atom stereocenters. The van der Waals surface area contributed by atoms with Gasteiger partial charge in [-0.05, 0) is 45.6 Å². The molecule has 0 saturated carbocycles. The molecule has 2 rings (SSSR count). The summed E-state index contributed by atoms with van der Waals surface area (Å²) in [5.74, 6) is 0.673. The molecule has 2 fully saturated rings. The Balaban J connectivity index is 2.03. The first kappa shape index (κ1) is 14.3. The van der Waals surface area contributed by atoms with Crippen molar-refractivity contribution in [3.8, 4) is 0 Å². The van der Waals surface area contributed by atoms with Gasteiger partial charge in [0.15, 0.2) is 0 Å². The predicted octanol–water partition coefficient (Wildman–Crippen LogP) is 1.24. The Kier molecular flexibility index (Phi) is 4.64. The normalized spacial score (nSPS) is 42.3. The average molecular weight is 256 g/mol. The lowest BCUT2D eigenvalue weighted by Gasteiger charge is -2.48. The molecule has 4 heteroatoms. The highest BCUT2D eigenvalue weighted by Crippen LogP contribution is 2.36. The molecule has 0 amide bonds. The minimum Gasteiger partial charge on any atom is -0.384 e. The van der Waals surface area contributed by atoms with Crippen molar-refractivity contribution in [2.24, 2.45) is 11.7 Å². The van der Waals surface area contributed by atoms with Gasteiger partial charge in [0, 0.05) is 25.7 Å². The van der Waals surface area contributed by atoms with Crippen molar-refractivity contribution in [3.63, 3.8) is 0 Å². The first-order chi connectivity index (χ1) is 8.59. The van der Waals surface area contributed by atoms with Crippen molar-refractivity contribution in [3.05, 3.63) is 0 Å². The quantitative estimate of drug-likeness (QED) is 0.822. The van der Waals surface area contributed by atoms with Crippen molar-refractivity contribution in [1.29, 1.82) is 0 Å². The van der Waals surface area contributed by atoms with E-state index in [1.54, 1.807) is 7.11 Å². The zero-order chi connectivity index (χ0) is 13.2. The van der Waals surface area contributed by atoms with E-state index in [-0.39, 0.29) is 5.54 Å². The van der Waals surface area contributed by atoms with Crippen LogP contribution < -0.4 is 5.73 Å². The summed E-state index contributed by atoms with van der Waals surface area (Å²) in [7, 11) is 1.79. The minimum atomic E-state index is 0.152. The van der Waals surface area contributed by atoms with Crippen LogP contribution in [0.25, 0.3) is 0 Å². The van der Waals surface area contributed by atoms with Gasteiger partial charge < -0.3 is 15.2 Å². The molecule has 18 heavy (non-hydrogen) atoms. The van der Waals surface area contributed by atoms with Crippen molar-refractivity contribution in [2.45, 2.75) is 50.9 Å². The van der Waals surface area contributed by atoms with Gasteiger partial charge in [-0.15, -0.1) is 0 Å². The van der Waals surface area contributed by atoms with Crippen LogP contribution in [0.1, 0.15) is 33.1 Å². The zero-order valence-corrected chi connectivity index (χ0v) is 12.0. The second-order valence-corrected chi connectivity index (χ2v) is 6.15. The van der Waals surface area contributed by atoms with Crippen LogP contribution in [0.5, 0.6) is 0 Å². The summed E-state index contributed by atoms with van der Waals surface area (Å²) in [5, 5.41) is 0. The van der Waals surface area contributed by atoms with E-state index in [1.807, 2.05) is 0 Å². The summed E-state index contributed by atoms with van der Waals surface area (Å²) >= 11 is 0. The molecule has 2 N–H and O–H groups in total. The Morgan fingerprint density at radius 2 is 2.00 bits per heavy atom. The Morgan fingerprint density at radius 1 is 1.33 bits per heavy atom. The Labute approximate surface area is 111 Å². The summed E-state index contributed by atoms with van der Waals surface area (Å²) in [6.45, 7) is 8.24. The number of hydrogen-bond acceptors (Lipinski definition) is 4. The van der Waals surface area contributed by atoms with E-state index in [0.29, 0.717) is 18.1 Å². The molecule has 2 saturated heterocycles. The largest absolute Gasteiger partial charge is 0.384 e. The number of hydrogen-bond donors (Lipinski definition) is 1. The maximum atomic E-state index is 6.13. The van der Waals surface area contributed by atoms with Crippen molar-refractivity contribution in [2.75, 3.05) is 33.4 Å². The summed E-state index contributed by atoms with van der Waals surface area (Å²) in [5.41, 5.74) is 6.29. The van der Waals surface area contributed by atoms with Gasteiger partial charge in [-0.3, -0.25) is 4.90 Å². The second kappa shape index (κ2) is 5.87. The highest BCUT2D eigenvalue weighted by atomic mass is 16.5. The maximum absolute atomic E-state index is 6.13. The number of likely N-dealkylation sites (tertiary alicyclic amines) is 1. The molecule has 3 unspecified atom stereocenters. The van der Waals surface area contributed by atoms with Crippen LogP contribution in [-0.2, 0) is 9.47 Å². The van der Waals surface area contributed by atoms with Gasteiger partial charge in [-0.1, -0.05) is 0 Å². The van der Waals surface area contributed by atoms with Gasteiger partial charge in [0.25, 0.3) is 0 Å². The van der Waals surface area contributed by atoms with Crippen LogP contribution in [0, 0.1) is 5.92 Å². The molecule has 0 bridgehead atoms. The van der Waals surface area contributed by atoms with Crippen molar-refractivity contribution in [1.82, 2.24) is 4.90 Å². The van der Waals surface area contributed by atoms with Crippen LogP contribution in [0.3, 0.4) is 0 Å². The van der Waals surface area contributed by atoms with E-state index in [4.69, 9.17) is 15.2 Å². The van der Waals surface area contributed by atoms with Crippen molar-refractivity contribution < 1.29 is 9.47 Å². The number of rotatable bonds is 4. The molecule has 0 spiro atoms. The monoisotopic (exact) mass is 256 g/mol. The first-order valence-corrected chi connectivity index (χ1v) is 7.19. The van der Waals surface area contributed by atoms with Gasteiger partial charge in [0.2, 0.25) is 0 Å². The maximum Gasteiger partial charge on any atom is 0.0568 e. The molecule has 2 aliphatic heterocycles. The molecular weight excluding hydrogens is 228 g/mol. The summed E-state index contributed by atoms with van der Waals surface area (Å²) in [6.07, 6.45) is 4.00. The molecule has 2 heterocycles. The standard InChI is InChI=1S/C14H28N2O2/c1-11-6-14(10-15,7-12(2)18-11)16-5-4-13(8-16)9-17-3/h11-13H,4-10,15H2,1-3H3. The summed E-state index contributed by atoms with van der Waals surface area (Å²) in [4.78, 5) is 2.60. The lowest BCUT2D eigenvalue weighted by atomic mass is 9.82. The van der Waals surface area contributed by atoms with Gasteiger partial charge in [0.1, 0.15) is 0 Å². The molecule has 4 nitrogen and oxygen atoms in total. The fourth-order valence-electron chi connectivity index (χ4n) is 3.84. The van der Waals surface area contributed by atoms with Crippen LogP contribution in [0.2, 0.25) is 0 Å². The Bertz CT molecular complexity index is 263. The molecule has 0 aliphatic carbocycles. The molecule has 106 valence electrons. The number of nitrogens with two attached hydrogens (primary N) is 1. The van der Waals surface area contributed by atoms with E-state index in [0.717, 1.165) is 39.1 Å². The van der Waals surface area contributed by atoms with Crippen LogP contribution in [0.15, 0.2) is 0 Å². The number of methoxy groups -OCH3 is 1. The van der Waals surface area contributed by atoms with E-state index in [9.17, 15) is 0 Å². The zero-order valence-electron chi connectivity index (χ0n) is 12.0. The van der Waals surface area contributed by atoms with E-state index < -0.39 is 0 Å². The van der Waals surface area contributed by atoms with Gasteiger partial charge in [-0.25, -0.2) is 0 Å². The average Bonchev–Trinajstić information content (AvgIpc) is 2.77.